The molecule has 0 unspecified atom stereocenters. The van der Waals surface area contributed by atoms with Crippen LogP contribution in [0.5, 0.6) is 0 Å². The molecule has 3 aromatic rings. The van der Waals surface area contributed by atoms with Gasteiger partial charge in [-0.2, -0.15) is 0 Å². The molecule has 3 nitrogen and oxygen atoms in total. The molecule has 0 atom stereocenters. The van der Waals surface area contributed by atoms with Crippen molar-refractivity contribution in [3.63, 3.8) is 0 Å². The van der Waals surface area contributed by atoms with Crippen LogP contribution in [0.1, 0.15) is 19.0 Å². The summed E-state index contributed by atoms with van der Waals surface area (Å²) in [6, 6.07) is 10.6. The zero-order chi connectivity index (χ0) is 13.1. The molecule has 0 fully saturated rings. The van der Waals surface area contributed by atoms with Crippen molar-refractivity contribution >= 4 is 21.4 Å². The van der Waals surface area contributed by atoms with Crippen LogP contribution in [0.4, 0.5) is 0 Å². The largest absolute Gasteiger partial charge is 0.442 e. The maximum absolute atomic E-state index is 5.57. The molecule has 0 aliphatic rings. The van der Waals surface area contributed by atoms with E-state index in [0.717, 1.165) is 35.8 Å². The second kappa shape index (κ2) is 5.55. The summed E-state index contributed by atoms with van der Waals surface area (Å²) in [5.41, 5.74) is 0.986. The third kappa shape index (κ3) is 2.55. The molecular formula is C15H16N2OS. The van der Waals surface area contributed by atoms with Crippen LogP contribution in [-0.2, 0) is 6.54 Å². The van der Waals surface area contributed by atoms with Crippen molar-refractivity contribution in [2.75, 3.05) is 6.54 Å². The van der Waals surface area contributed by atoms with Crippen LogP contribution in [0.3, 0.4) is 0 Å². The fourth-order valence-corrected chi connectivity index (χ4v) is 3.15. The van der Waals surface area contributed by atoms with Crippen molar-refractivity contribution in [1.29, 1.82) is 0 Å². The minimum Gasteiger partial charge on any atom is -0.442 e. The minimum atomic E-state index is 0.758. The molecule has 4 heteroatoms. The van der Waals surface area contributed by atoms with Crippen molar-refractivity contribution < 1.29 is 4.42 Å². The molecule has 2 aromatic heterocycles. The van der Waals surface area contributed by atoms with E-state index >= 15 is 0 Å². The van der Waals surface area contributed by atoms with Gasteiger partial charge in [-0.25, -0.2) is 4.98 Å². The molecule has 0 aliphatic heterocycles. The number of nitrogens with one attached hydrogen (secondary N) is 1. The first-order chi connectivity index (χ1) is 9.38. The molecule has 0 aliphatic carbocycles. The fourth-order valence-electron chi connectivity index (χ4n) is 2.07. The van der Waals surface area contributed by atoms with E-state index in [4.69, 9.17) is 4.42 Å². The highest BCUT2D eigenvalue weighted by Crippen LogP contribution is 2.34. The van der Waals surface area contributed by atoms with E-state index in [-0.39, 0.29) is 0 Å². The van der Waals surface area contributed by atoms with E-state index in [1.807, 2.05) is 0 Å². The van der Waals surface area contributed by atoms with Crippen molar-refractivity contribution in [2.24, 2.45) is 0 Å². The van der Waals surface area contributed by atoms with Gasteiger partial charge in [0.25, 0.3) is 0 Å². The van der Waals surface area contributed by atoms with Gasteiger partial charge in [0.1, 0.15) is 5.69 Å². The van der Waals surface area contributed by atoms with Gasteiger partial charge in [-0.1, -0.05) is 25.1 Å². The van der Waals surface area contributed by atoms with Gasteiger partial charge in [0.2, 0.25) is 0 Å². The fraction of sp³-hybridized carbons (Fsp3) is 0.267. The van der Waals surface area contributed by atoms with Gasteiger partial charge in [0.05, 0.1) is 4.88 Å². The highest BCUT2D eigenvalue weighted by Gasteiger charge is 2.13. The van der Waals surface area contributed by atoms with Crippen LogP contribution in [0.15, 0.2) is 41.1 Å². The molecule has 0 saturated carbocycles. The van der Waals surface area contributed by atoms with E-state index < -0.39 is 0 Å². The Balaban J connectivity index is 1.91. The summed E-state index contributed by atoms with van der Waals surface area (Å²) in [6.45, 7) is 3.91. The van der Waals surface area contributed by atoms with E-state index in [1.165, 1.54) is 16.5 Å². The number of oxazole rings is 1. The Morgan fingerprint density at radius 1 is 1.32 bits per heavy atom. The standard InChI is InChI=1S/C15H16N2OS/c1-2-7-16-9-12-15(18-10-17-12)14-8-11-5-3-4-6-13(11)19-14/h3-6,8,10,16H,2,7,9H2,1H3. The maximum atomic E-state index is 5.57. The zero-order valence-corrected chi connectivity index (χ0v) is 11.7. The third-order valence-electron chi connectivity index (χ3n) is 3.01. The van der Waals surface area contributed by atoms with Crippen molar-refractivity contribution in [3.8, 4) is 10.6 Å². The number of nitrogens with zero attached hydrogens (tertiary/aromatic N) is 1. The molecule has 98 valence electrons. The first kappa shape index (κ1) is 12.4. The lowest BCUT2D eigenvalue weighted by Crippen LogP contribution is -2.14. The zero-order valence-electron chi connectivity index (χ0n) is 10.8. The summed E-state index contributed by atoms with van der Waals surface area (Å²) in [7, 11) is 0. The maximum Gasteiger partial charge on any atom is 0.181 e. The Hall–Kier alpha value is -1.65. The average molecular weight is 272 g/mol. The van der Waals surface area contributed by atoms with Crippen LogP contribution >= 0.6 is 11.3 Å². The molecular weight excluding hydrogens is 256 g/mol. The van der Waals surface area contributed by atoms with Gasteiger partial charge in [-0.05, 0) is 30.5 Å². The number of fused-ring (bicyclic) bond motifs is 1. The summed E-state index contributed by atoms with van der Waals surface area (Å²) in [5.74, 6) is 0.893. The molecule has 0 bridgehead atoms. The number of rotatable bonds is 5. The summed E-state index contributed by atoms with van der Waals surface area (Å²) in [5, 5.41) is 4.62. The van der Waals surface area contributed by atoms with Gasteiger partial charge in [0, 0.05) is 11.2 Å². The Morgan fingerprint density at radius 3 is 3.05 bits per heavy atom. The highest BCUT2D eigenvalue weighted by molar-refractivity contribution is 7.22. The molecule has 0 saturated heterocycles. The van der Waals surface area contributed by atoms with Crippen molar-refractivity contribution in [2.45, 2.75) is 19.9 Å². The molecule has 0 amide bonds. The first-order valence-corrected chi connectivity index (χ1v) is 7.32. The first-order valence-electron chi connectivity index (χ1n) is 6.50. The second-order valence-electron chi connectivity index (χ2n) is 4.45. The summed E-state index contributed by atoms with van der Waals surface area (Å²) in [4.78, 5) is 5.46. The Labute approximate surface area is 116 Å². The molecule has 0 spiro atoms. The lowest BCUT2D eigenvalue weighted by molar-refractivity contribution is 0.570. The van der Waals surface area contributed by atoms with Gasteiger partial charge < -0.3 is 9.73 Å². The quantitative estimate of drug-likeness (QED) is 0.712. The highest BCUT2D eigenvalue weighted by atomic mass is 32.1. The molecule has 2 heterocycles. The Kier molecular flexibility index (Phi) is 3.62. The van der Waals surface area contributed by atoms with Crippen LogP contribution in [-0.4, -0.2) is 11.5 Å². The molecule has 1 aromatic carbocycles. The summed E-state index contributed by atoms with van der Waals surface area (Å²) < 4.78 is 6.85. The van der Waals surface area contributed by atoms with Crippen LogP contribution in [0, 0.1) is 0 Å². The van der Waals surface area contributed by atoms with E-state index in [0.29, 0.717) is 0 Å². The Morgan fingerprint density at radius 2 is 2.21 bits per heavy atom. The summed E-state index contributed by atoms with van der Waals surface area (Å²) >= 11 is 1.75. The van der Waals surface area contributed by atoms with Crippen LogP contribution in [0.25, 0.3) is 20.7 Å². The number of thiophene rings is 1. The van der Waals surface area contributed by atoms with E-state index in [2.05, 4.69) is 47.6 Å². The number of benzene rings is 1. The van der Waals surface area contributed by atoms with Gasteiger partial charge in [0.15, 0.2) is 12.2 Å². The van der Waals surface area contributed by atoms with Crippen LogP contribution < -0.4 is 5.32 Å². The number of hydrogen-bond donors (Lipinski definition) is 1. The lowest BCUT2D eigenvalue weighted by Gasteiger charge is -2.00. The molecule has 0 radical (unpaired) electrons. The van der Waals surface area contributed by atoms with Crippen LogP contribution in [0.2, 0.25) is 0 Å². The summed E-state index contributed by atoms with van der Waals surface area (Å²) in [6.07, 6.45) is 2.65. The monoisotopic (exact) mass is 272 g/mol. The van der Waals surface area contributed by atoms with Gasteiger partial charge in [-0.15, -0.1) is 11.3 Å². The lowest BCUT2D eigenvalue weighted by atomic mass is 10.2. The van der Waals surface area contributed by atoms with E-state index in [1.54, 1.807) is 11.3 Å². The van der Waals surface area contributed by atoms with Gasteiger partial charge >= 0.3 is 0 Å². The topological polar surface area (TPSA) is 38.1 Å². The predicted octanol–water partition coefficient (Wildman–Crippen LogP) is 4.06. The van der Waals surface area contributed by atoms with E-state index in [9.17, 15) is 0 Å². The molecule has 3 rings (SSSR count). The predicted molar refractivity (Wildman–Crippen MR) is 79.3 cm³/mol. The SMILES string of the molecule is CCCNCc1ncoc1-c1cc2ccccc2s1. The Bertz CT molecular complexity index is 638. The number of hydrogen-bond acceptors (Lipinski definition) is 4. The smallest absolute Gasteiger partial charge is 0.181 e. The average Bonchev–Trinajstić information content (AvgIpc) is 3.04. The molecule has 1 N–H and O–H groups in total. The van der Waals surface area contributed by atoms with Crippen molar-refractivity contribution in [3.05, 3.63) is 42.4 Å². The van der Waals surface area contributed by atoms with Crippen molar-refractivity contribution in [1.82, 2.24) is 10.3 Å². The number of aromatic nitrogens is 1. The molecule has 19 heavy (non-hydrogen) atoms. The van der Waals surface area contributed by atoms with Gasteiger partial charge in [-0.3, -0.25) is 0 Å². The third-order valence-corrected chi connectivity index (χ3v) is 4.12. The normalized spacial score (nSPS) is 11.2. The second-order valence-corrected chi connectivity index (χ2v) is 5.54. The minimum absolute atomic E-state index is 0.758.